The van der Waals surface area contributed by atoms with Crippen molar-refractivity contribution in [3.63, 3.8) is 0 Å². The minimum absolute atomic E-state index is 0.0742. The topological polar surface area (TPSA) is 30.2 Å². The van der Waals surface area contributed by atoms with Crippen molar-refractivity contribution >= 4 is 5.78 Å². The maximum Gasteiger partial charge on any atom is 0.220 e. The Morgan fingerprint density at radius 1 is 1.33 bits per heavy atom. The summed E-state index contributed by atoms with van der Waals surface area (Å²) in [7, 11) is 0. The van der Waals surface area contributed by atoms with Gasteiger partial charge < -0.3 is 4.42 Å². The van der Waals surface area contributed by atoms with Gasteiger partial charge in [-0.2, -0.15) is 0 Å². The normalized spacial score (nSPS) is 16.1. The van der Waals surface area contributed by atoms with Gasteiger partial charge >= 0.3 is 0 Å². The molecule has 1 fully saturated rings. The first-order valence-corrected chi connectivity index (χ1v) is 5.30. The van der Waals surface area contributed by atoms with Crippen LogP contribution >= 0.6 is 0 Å². The molecule has 1 aromatic heterocycles. The van der Waals surface area contributed by atoms with Crippen LogP contribution in [0, 0.1) is 0 Å². The van der Waals surface area contributed by atoms with E-state index in [1.54, 1.807) is 18.2 Å². The van der Waals surface area contributed by atoms with Crippen LogP contribution < -0.4 is 0 Å². The monoisotopic (exact) mass is 202 g/mol. The number of carbonyl (C=O) groups excluding carboxylic acids is 1. The summed E-state index contributed by atoms with van der Waals surface area (Å²) in [5, 5.41) is 0. The van der Waals surface area contributed by atoms with Gasteiger partial charge in [0.25, 0.3) is 0 Å². The van der Waals surface area contributed by atoms with Gasteiger partial charge in [0.05, 0.1) is 6.26 Å². The Morgan fingerprint density at radius 2 is 2.13 bits per heavy atom. The van der Waals surface area contributed by atoms with Gasteiger partial charge in [0.2, 0.25) is 5.78 Å². The van der Waals surface area contributed by atoms with E-state index in [0.717, 1.165) is 0 Å². The fourth-order valence-corrected chi connectivity index (χ4v) is 1.77. The molecule has 0 bridgehead atoms. The van der Waals surface area contributed by atoms with Crippen LogP contribution in [0.3, 0.4) is 0 Å². The molecule has 78 valence electrons. The molecule has 1 aliphatic rings. The lowest BCUT2D eigenvalue weighted by atomic mass is 10.2. The molecule has 0 aliphatic heterocycles. The Morgan fingerprint density at radius 3 is 2.80 bits per heavy atom. The van der Waals surface area contributed by atoms with E-state index in [1.165, 1.54) is 37.5 Å². The molecule has 0 amide bonds. The fourth-order valence-electron chi connectivity index (χ4n) is 1.77. The molecule has 1 aromatic rings. The van der Waals surface area contributed by atoms with Gasteiger partial charge in [0, 0.05) is 0 Å². The first-order valence-electron chi connectivity index (χ1n) is 5.30. The molecule has 1 heterocycles. The summed E-state index contributed by atoms with van der Waals surface area (Å²) in [4.78, 5) is 11.5. The third kappa shape index (κ3) is 2.69. The molecule has 0 N–H and O–H groups in total. The van der Waals surface area contributed by atoms with Crippen molar-refractivity contribution < 1.29 is 9.21 Å². The predicted octanol–water partition coefficient (Wildman–Crippen LogP) is 3.52. The van der Waals surface area contributed by atoms with Crippen LogP contribution in [0.4, 0.5) is 0 Å². The predicted molar refractivity (Wildman–Crippen MR) is 58.7 cm³/mol. The SMILES string of the molecule is O=C(/C=C/C=C1CCCC1)c1ccco1. The summed E-state index contributed by atoms with van der Waals surface area (Å²) in [6.07, 6.45) is 11.9. The van der Waals surface area contributed by atoms with Crippen molar-refractivity contribution in [3.8, 4) is 0 Å². The zero-order valence-electron chi connectivity index (χ0n) is 8.61. The Balaban J connectivity index is 1.94. The highest BCUT2D eigenvalue weighted by Gasteiger charge is 2.05. The van der Waals surface area contributed by atoms with Crippen molar-refractivity contribution in [1.29, 1.82) is 0 Å². The number of hydrogen-bond donors (Lipinski definition) is 0. The third-order valence-corrected chi connectivity index (χ3v) is 2.59. The Kier molecular flexibility index (Phi) is 3.18. The summed E-state index contributed by atoms with van der Waals surface area (Å²) >= 11 is 0. The van der Waals surface area contributed by atoms with Crippen molar-refractivity contribution in [3.05, 3.63) is 48.0 Å². The number of carbonyl (C=O) groups is 1. The van der Waals surface area contributed by atoms with E-state index in [0.29, 0.717) is 5.76 Å². The highest BCUT2D eigenvalue weighted by molar-refractivity contribution is 6.02. The molecule has 0 saturated heterocycles. The van der Waals surface area contributed by atoms with Crippen LogP contribution in [-0.2, 0) is 0 Å². The fraction of sp³-hybridized carbons (Fsp3) is 0.308. The molecule has 15 heavy (non-hydrogen) atoms. The summed E-state index contributed by atoms with van der Waals surface area (Å²) < 4.78 is 5.00. The van der Waals surface area contributed by atoms with Crippen LogP contribution in [0.5, 0.6) is 0 Å². The Labute approximate surface area is 89.3 Å². The molecule has 1 saturated carbocycles. The number of allylic oxidation sites excluding steroid dienone is 4. The second-order valence-corrected chi connectivity index (χ2v) is 3.73. The molecule has 0 atom stereocenters. The highest BCUT2D eigenvalue weighted by atomic mass is 16.3. The number of rotatable bonds is 3. The second kappa shape index (κ2) is 4.78. The van der Waals surface area contributed by atoms with Gasteiger partial charge in [-0.15, -0.1) is 0 Å². The molecule has 2 rings (SSSR count). The molecule has 0 spiro atoms. The summed E-state index contributed by atoms with van der Waals surface area (Å²) in [6.45, 7) is 0. The van der Waals surface area contributed by atoms with Crippen LogP contribution in [-0.4, -0.2) is 5.78 Å². The maximum absolute atomic E-state index is 11.5. The van der Waals surface area contributed by atoms with Gasteiger partial charge in [0.1, 0.15) is 0 Å². The first-order chi connectivity index (χ1) is 7.36. The molecule has 0 aromatic carbocycles. The lowest BCUT2D eigenvalue weighted by Gasteiger charge is -1.90. The van der Waals surface area contributed by atoms with Gasteiger partial charge in [-0.3, -0.25) is 4.79 Å². The zero-order chi connectivity index (χ0) is 10.5. The third-order valence-electron chi connectivity index (χ3n) is 2.59. The molecule has 0 unspecified atom stereocenters. The first kappa shape index (κ1) is 9.97. The number of hydrogen-bond acceptors (Lipinski definition) is 2. The van der Waals surface area contributed by atoms with Crippen LogP contribution in [0.1, 0.15) is 36.2 Å². The zero-order valence-corrected chi connectivity index (χ0v) is 8.61. The van der Waals surface area contributed by atoms with Crippen LogP contribution in [0.15, 0.2) is 46.6 Å². The standard InChI is InChI=1S/C13H14O2/c14-12(13-9-4-10-15-13)8-3-7-11-5-1-2-6-11/h3-4,7-10H,1-2,5-6H2/b8-3+. The van der Waals surface area contributed by atoms with Gasteiger partial charge in [-0.05, 0) is 43.9 Å². The Bertz CT molecular complexity index is 375. The molecular weight excluding hydrogens is 188 g/mol. The van der Waals surface area contributed by atoms with E-state index in [4.69, 9.17) is 4.42 Å². The van der Waals surface area contributed by atoms with E-state index in [-0.39, 0.29) is 5.78 Å². The molecular formula is C13H14O2. The quantitative estimate of drug-likeness (QED) is 0.554. The molecule has 0 radical (unpaired) electrons. The van der Waals surface area contributed by atoms with Gasteiger partial charge in [-0.25, -0.2) is 0 Å². The molecule has 2 nitrogen and oxygen atoms in total. The van der Waals surface area contributed by atoms with Crippen molar-refractivity contribution in [1.82, 2.24) is 0 Å². The van der Waals surface area contributed by atoms with E-state index >= 15 is 0 Å². The minimum atomic E-state index is -0.0742. The molecule has 2 heteroatoms. The van der Waals surface area contributed by atoms with Gasteiger partial charge in [-0.1, -0.05) is 17.7 Å². The van der Waals surface area contributed by atoms with Crippen molar-refractivity contribution in [2.45, 2.75) is 25.7 Å². The molecule has 1 aliphatic carbocycles. The maximum atomic E-state index is 11.5. The number of ketones is 1. The van der Waals surface area contributed by atoms with Gasteiger partial charge in [0.15, 0.2) is 5.76 Å². The average molecular weight is 202 g/mol. The minimum Gasteiger partial charge on any atom is -0.461 e. The van der Waals surface area contributed by atoms with Crippen LogP contribution in [0.25, 0.3) is 0 Å². The Hall–Kier alpha value is -1.57. The second-order valence-electron chi connectivity index (χ2n) is 3.73. The largest absolute Gasteiger partial charge is 0.461 e. The highest BCUT2D eigenvalue weighted by Crippen LogP contribution is 2.23. The smallest absolute Gasteiger partial charge is 0.220 e. The van der Waals surface area contributed by atoms with E-state index in [9.17, 15) is 4.79 Å². The van der Waals surface area contributed by atoms with E-state index in [1.807, 2.05) is 12.2 Å². The average Bonchev–Trinajstić information content (AvgIpc) is 2.90. The van der Waals surface area contributed by atoms with Crippen molar-refractivity contribution in [2.24, 2.45) is 0 Å². The van der Waals surface area contributed by atoms with E-state index in [2.05, 4.69) is 0 Å². The summed E-state index contributed by atoms with van der Waals surface area (Å²) in [6, 6.07) is 3.39. The summed E-state index contributed by atoms with van der Waals surface area (Å²) in [5.74, 6) is 0.325. The number of furan rings is 1. The lowest BCUT2D eigenvalue weighted by molar-refractivity contribution is 0.102. The van der Waals surface area contributed by atoms with Crippen molar-refractivity contribution in [2.75, 3.05) is 0 Å². The lowest BCUT2D eigenvalue weighted by Crippen LogP contribution is -1.89. The summed E-state index contributed by atoms with van der Waals surface area (Å²) in [5.41, 5.74) is 1.44. The van der Waals surface area contributed by atoms with Crippen LogP contribution in [0.2, 0.25) is 0 Å². The van der Waals surface area contributed by atoms with E-state index < -0.39 is 0 Å².